The molecule has 6 heteroatoms. The van der Waals surface area contributed by atoms with Gasteiger partial charge in [-0.2, -0.15) is 0 Å². The standard InChI is InChI=1S/C17H29N3O2S/c1-11(2)20(12(3)4)15(22)10-23-16-18-13(17(5,6)7)9-14(21)19(16)8/h9,11-12H,10H2,1-8H3. The molecule has 0 radical (unpaired) electrons. The zero-order valence-corrected chi connectivity index (χ0v) is 16.3. The molecular formula is C17H29N3O2S. The fraction of sp³-hybridized carbons (Fsp3) is 0.706. The van der Waals surface area contributed by atoms with Crippen molar-refractivity contribution >= 4 is 17.7 Å². The number of amides is 1. The molecular weight excluding hydrogens is 310 g/mol. The first-order valence-electron chi connectivity index (χ1n) is 7.97. The van der Waals surface area contributed by atoms with Gasteiger partial charge in [-0.05, 0) is 27.7 Å². The Hall–Kier alpha value is -1.30. The van der Waals surface area contributed by atoms with Crippen LogP contribution in [0.3, 0.4) is 0 Å². The summed E-state index contributed by atoms with van der Waals surface area (Å²) in [6.07, 6.45) is 0. The average molecular weight is 340 g/mol. The predicted molar refractivity (Wildman–Crippen MR) is 96.0 cm³/mol. The van der Waals surface area contributed by atoms with E-state index in [1.54, 1.807) is 13.1 Å². The smallest absolute Gasteiger partial charge is 0.254 e. The molecule has 0 bridgehead atoms. The van der Waals surface area contributed by atoms with E-state index in [1.807, 2.05) is 53.4 Å². The number of hydrogen-bond donors (Lipinski definition) is 0. The third-order valence-electron chi connectivity index (χ3n) is 3.59. The Morgan fingerprint density at radius 1 is 1.26 bits per heavy atom. The number of carbonyl (C=O) groups is 1. The summed E-state index contributed by atoms with van der Waals surface area (Å²) in [5, 5.41) is 0.586. The van der Waals surface area contributed by atoms with Crippen LogP contribution in [0.2, 0.25) is 0 Å². The van der Waals surface area contributed by atoms with E-state index < -0.39 is 0 Å². The molecule has 1 rings (SSSR count). The summed E-state index contributed by atoms with van der Waals surface area (Å²) in [6.45, 7) is 14.1. The average Bonchev–Trinajstić information content (AvgIpc) is 2.38. The van der Waals surface area contributed by atoms with Gasteiger partial charge < -0.3 is 4.90 Å². The van der Waals surface area contributed by atoms with Crippen LogP contribution in [0.25, 0.3) is 0 Å². The molecule has 130 valence electrons. The van der Waals surface area contributed by atoms with Crippen LogP contribution in [0.5, 0.6) is 0 Å². The lowest BCUT2D eigenvalue weighted by atomic mass is 9.92. The van der Waals surface area contributed by atoms with Crippen LogP contribution >= 0.6 is 11.8 Å². The second-order valence-electron chi connectivity index (χ2n) is 7.35. The maximum atomic E-state index is 12.5. The molecule has 0 spiro atoms. The first-order chi connectivity index (χ1) is 10.4. The van der Waals surface area contributed by atoms with E-state index >= 15 is 0 Å². The Balaban J connectivity index is 3.00. The van der Waals surface area contributed by atoms with Crippen LogP contribution < -0.4 is 5.56 Å². The molecule has 0 fully saturated rings. The number of thioether (sulfide) groups is 1. The summed E-state index contributed by atoms with van der Waals surface area (Å²) in [4.78, 5) is 31.0. The highest BCUT2D eigenvalue weighted by Gasteiger charge is 2.22. The van der Waals surface area contributed by atoms with Crippen molar-refractivity contribution in [2.75, 3.05) is 5.75 Å². The Morgan fingerprint density at radius 3 is 2.22 bits per heavy atom. The minimum absolute atomic E-state index is 0.0652. The summed E-state index contributed by atoms with van der Waals surface area (Å²) in [5.41, 5.74) is 0.457. The molecule has 0 aromatic carbocycles. The van der Waals surface area contributed by atoms with Crippen LogP contribution in [0.1, 0.15) is 54.2 Å². The maximum Gasteiger partial charge on any atom is 0.254 e. The molecule has 1 aromatic rings. The van der Waals surface area contributed by atoms with Crippen molar-refractivity contribution in [3.63, 3.8) is 0 Å². The third kappa shape index (κ3) is 5.09. The van der Waals surface area contributed by atoms with Gasteiger partial charge in [-0.25, -0.2) is 4.98 Å². The van der Waals surface area contributed by atoms with E-state index in [4.69, 9.17) is 0 Å². The van der Waals surface area contributed by atoms with Crippen molar-refractivity contribution in [3.8, 4) is 0 Å². The normalized spacial score (nSPS) is 12.1. The molecule has 1 amide bonds. The fourth-order valence-electron chi connectivity index (χ4n) is 2.40. The topological polar surface area (TPSA) is 55.2 Å². The SMILES string of the molecule is CC(C)N(C(=O)CSc1nc(C(C)(C)C)cc(=O)n1C)C(C)C. The molecule has 0 aliphatic carbocycles. The highest BCUT2D eigenvalue weighted by Crippen LogP contribution is 2.22. The summed E-state index contributed by atoms with van der Waals surface area (Å²) >= 11 is 1.32. The van der Waals surface area contributed by atoms with Gasteiger partial charge in [0.25, 0.3) is 5.56 Å². The van der Waals surface area contributed by atoms with Gasteiger partial charge in [0.05, 0.1) is 11.4 Å². The minimum atomic E-state index is -0.200. The van der Waals surface area contributed by atoms with E-state index in [9.17, 15) is 9.59 Å². The predicted octanol–water partition coefficient (Wildman–Crippen LogP) is 2.82. The van der Waals surface area contributed by atoms with Gasteiger partial charge in [0, 0.05) is 30.6 Å². The number of carbonyl (C=O) groups excluding carboxylic acids is 1. The first kappa shape index (κ1) is 19.7. The van der Waals surface area contributed by atoms with Gasteiger partial charge in [-0.1, -0.05) is 32.5 Å². The van der Waals surface area contributed by atoms with Gasteiger partial charge in [0.15, 0.2) is 5.16 Å². The molecule has 0 aliphatic heterocycles. The van der Waals surface area contributed by atoms with Crippen molar-refractivity contribution in [2.24, 2.45) is 7.05 Å². The Labute approximate surface area is 143 Å². The summed E-state index contributed by atoms with van der Waals surface area (Å²) in [6, 6.07) is 1.88. The first-order valence-corrected chi connectivity index (χ1v) is 8.96. The fourth-order valence-corrected chi connectivity index (χ4v) is 3.25. The zero-order valence-electron chi connectivity index (χ0n) is 15.5. The molecule has 1 aromatic heterocycles. The second kappa shape index (κ2) is 7.51. The van der Waals surface area contributed by atoms with Gasteiger partial charge in [-0.15, -0.1) is 0 Å². The summed E-state index contributed by atoms with van der Waals surface area (Å²) in [7, 11) is 1.69. The lowest BCUT2D eigenvalue weighted by Gasteiger charge is -2.30. The van der Waals surface area contributed by atoms with E-state index in [0.717, 1.165) is 5.69 Å². The van der Waals surface area contributed by atoms with Crippen LogP contribution in [0.15, 0.2) is 16.0 Å². The number of aromatic nitrogens is 2. The zero-order chi connectivity index (χ0) is 17.9. The van der Waals surface area contributed by atoms with Crippen LogP contribution in [-0.2, 0) is 17.3 Å². The van der Waals surface area contributed by atoms with Crippen molar-refractivity contribution in [3.05, 3.63) is 22.1 Å². The monoisotopic (exact) mass is 339 g/mol. The van der Waals surface area contributed by atoms with Crippen molar-refractivity contribution < 1.29 is 4.79 Å². The Kier molecular flexibility index (Phi) is 6.45. The second-order valence-corrected chi connectivity index (χ2v) is 8.29. The molecule has 5 nitrogen and oxygen atoms in total. The molecule has 1 heterocycles. The van der Waals surface area contributed by atoms with Crippen molar-refractivity contribution in [1.29, 1.82) is 0 Å². The molecule has 0 unspecified atom stereocenters. The molecule has 0 aliphatic rings. The van der Waals surface area contributed by atoms with Crippen molar-refractivity contribution in [2.45, 2.75) is 71.1 Å². The molecule has 23 heavy (non-hydrogen) atoms. The van der Waals surface area contributed by atoms with Crippen LogP contribution in [0.4, 0.5) is 0 Å². The molecule has 0 saturated carbocycles. The number of nitrogens with zero attached hydrogens (tertiary/aromatic N) is 3. The summed E-state index contributed by atoms with van der Waals surface area (Å²) < 4.78 is 1.50. The quantitative estimate of drug-likeness (QED) is 0.611. The van der Waals surface area contributed by atoms with E-state index in [0.29, 0.717) is 5.16 Å². The Bertz CT molecular complexity index is 607. The van der Waals surface area contributed by atoms with E-state index in [1.165, 1.54) is 16.3 Å². The molecule has 0 atom stereocenters. The number of rotatable bonds is 5. The van der Waals surface area contributed by atoms with E-state index in [-0.39, 0.29) is 34.7 Å². The lowest BCUT2D eigenvalue weighted by molar-refractivity contribution is -0.131. The van der Waals surface area contributed by atoms with Crippen LogP contribution in [0, 0.1) is 0 Å². The van der Waals surface area contributed by atoms with Gasteiger partial charge >= 0.3 is 0 Å². The lowest BCUT2D eigenvalue weighted by Crippen LogP contribution is -2.43. The highest BCUT2D eigenvalue weighted by atomic mass is 32.2. The van der Waals surface area contributed by atoms with Crippen molar-refractivity contribution in [1.82, 2.24) is 14.5 Å². The van der Waals surface area contributed by atoms with Crippen LogP contribution in [-0.4, -0.2) is 38.2 Å². The Morgan fingerprint density at radius 2 is 1.78 bits per heavy atom. The van der Waals surface area contributed by atoms with Gasteiger partial charge in [0.1, 0.15) is 0 Å². The number of hydrogen-bond acceptors (Lipinski definition) is 4. The minimum Gasteiger partial charge on any atom is -0.337 e. The van der Waals surface area contributed by atoms with Gasteiger partial charge in [-0.3, -0.25) is 14.2 Å². The van der Waals surface area contributed by atoms with Gasteiger partial charge in [0.2, 0.25) is 5.91 Å². The largest absolute Gasteiger partial charge is 0.337 e. The van der Waals surface area contributed by atoms with E-state index in [2.05, 4.69) is 4.98 Å². The highest BCUT2D eigenvalue weighted by molar-refractivity contribution is 7.99. The third-order valence-corrected chi connectivity index (χ3v) is 4.60. The summed E-state index contributed by atoms with van der Waals surface area (Å²) in [5.74, 6) is 0.347. The maximum absolute atomic E-state index is 12.5. The molecule has 0 N–H and O–H groups in total. The molecule has 0 saturated heterocycles.